The minimum absolute atomic E-state index is 0.00527. The van der Waals surface area contributed by atoms with Crippen LogP contribution >= 0.6 is 0 Å². The molecular weight excluding hydrogens is 572 g/mol. The fourth-order valence-electron chi connectivity index (χ4n) is 6.51. The lowest BCUT2D eigenvalue weighted by molar-refractivity contribution is -0.132. The summed E-state index contributed by atoms with van der Waals surface area (Å²) in [5, 5.41) is 8.27. The average Bonchev–Trinajstić information content (AvgIpc) is 3.04. The summed E-state index contributed by atoms with van der Waals surface area (Å²) in [7, 11) is 0. The van der Waals surface area contributed by atoms with Gasteiger partial charge in [0.05, 0.1) is 12.5 Å². The van der Waals surface area contributed by atoms with Gasteiger partial charge in [-0.1, -0.05) is 118 Å². The van der Waals surface area contributed by atoms with E-state index in [4.69, 9.17) is 0 Å². The number of hydrogen-bond acceptors (Lipinski definition) is 4. The standard InChI is InChI=1S/C40H48N2O4/c1-4-5-20-34(25-32-17-10-12-22-37(32)43)41-40(46)33(23-28(2)3)27-38(44)36(42-39(45)24-29-14-7-6-8-15-29)26-31-19-13-18-30-16-9-11-21-35(30)31/h4-9,11,13-16,18-21,28,32-34,36H,1,10,12,17,22-27H2,2-3H3,(H,41,46)(H,42,45)/b20-5+/t32-,33+,34+,36-/m0/s1. The monoisotopic (exact) mass is 620 g/mol. The van der Waals surface area contributed by atoms with Crippen molar-refractivity contribution >= 4 is 34.2 Å². The Labute approximate surface area is 273 Å². The van der Waals surface area contributed by atoms with Crippen molar-refractivity contribution < 1.29 is 19.2 Å². The first kappa shape index (κ1) is 34.6. The molecule has 3 aromatic rings. The zero-order valence-electron chi connectivity index (χ0n) is 27.3. The molecule has 0 spiro atoms. The molecule has 0 bridgehead atoms. The molecule has 242 valence electrons. The van der Waals surface area contributed by atoms with Gasteiger partial charge in [-0.05, 0) is 53.5 Å². The Hall–Kier alpha value is -4.32. The first-order valence-corrected chi connectivity index (χ1v) is 16.7. The van der Waals surface area contributed by atoms with Crippen LogP contribution in [0.3, 0.4) is 0 Å². The molecule has 2 amide bonds. The summed E-state index contributed by atoms with van der Waals surface area (Å²) in [5.74, 6) is -0.830. The number of benzene rings is 3. The van der Waals surface area contributed by atoms with E-state index in [1.165, 1.54) is 0 Å². The highest BCUT2D eigenvalue weighted by molar-refractivity contribution is 5.94. The van der Waals surface area contributed by atoms with Crippen LogP contribution in [0.15, 0.2) is 97.6 Å². The van der Waals surface area contributed by atoms with Crippen LogP contribution in [-0.2, 0) is 32.0 Å². The molecule has 0 aliphatic heterocycles. The van der Waals surface area contributed by atoms with Crippen LogP contribution in [0.2, 0.25) is 0 Å². The van der Waals surface area contributed by atoms with Gasteiger partial charge in [0.1, 0.15) is 5.78 Å². The molecule has 4 atom stereocenters. The third-order valence-electron chi connectivity index (χ3n) is 8.84. The van der Waals surface area contributed by atoms with Crippen LogP contribution in [-0.4, -0.2) is 35.5 Å². The number of rotatable bonds is 16. The highest BCUT2D eigenvalue weighted by atomic mass is 16.2. The number of carbonyl (C=O) groups excluding carboxylic acids is 4. The summed E-state index contributed by atoms with van der Waals surface area (Å²) >= 11 is 0. The van der Waals surface area contributed by atoms with Gasteiger partial charge in [0.25, 0.3) is 0 Å². The van der Waals surface area contributed by atoms with Gasteiger partial charge in [-0.25, -0.2) is 0 Å². The quantitative estimate of drug-likeness (QED) is 0.167. The van der Waals surface area contributed by atoms with Crippen LogP contribution in [0.1, 0.15) is 69.9 Å². The predicted molar refractivity (Wildman–Crippen MR) is 185 cm³/mol. The summed E-state index contributed by atoms with van der Waals surface area (Å²) in [6, 6.07) is 22.3. The van der Waals surface area contributed by atoms with Crippen LogP contribution in [0.25, 0.3) is 10.8 Å². The molecule has 0 heterocycles. The van der Waals surface area contributed by atoms with Gasteiger partial charge in [-0.3, -0.25) is 19.2 Å². The smallest absolute Gasteiger partial charge is 0.225 e. The number of Topliss-reactive ketones (excluding diaryl/α,β-unsaturated/α-hetero) is 2. The van der Waals surface area contributed by atoms with Gasteiger partial charge >= 0.3 is 0 Å². The van der Waals surface area contributed by atoms with E-state index in [0.717, 1.165) is 41.2 Å². The fraction of sp³-hybridized carbons (Fsp3) is 0.400. The van der Waals surface area contributed by atoms with E-state index >= 15 is 0 Å². The Morgan fingerprint density at radius 1 is 0.935 bits per heavy atom. The van der Waals surface area contributed by atoms with E-state index < -0.39 is 12.0 Å². The number of carbonyl (C=O) groups is 4. The second-order valence-electron chi connectivity index (χ2n) is 13.0. The molecule has 2 N–H and O–H groups in total. The third-order valence-corrected chi connectivity index (χ3v) is 8.84. The lowest BCUT2D eigenvalue weighted by Crippen LogP contribution is -2.46. The zero-order chi connectivity index (χ0) is 32.9. The SMILES string of the molecule is C=C/C=C/[C@H](C[C@@H]1CCCCC1=O)NC(=O)[C@@H](CC(=O)[C@H](Cc1cccc2ccccc12)NC(=O)Cc1ccccc1)CC(C)C. The number of nitrogens with one attached hydrogen (secondary N) is 2. The van der Waals surface area contributed by atoms with Gasteiger partial charge in [0, 0.05) is 37.1 Å². The molecule has 0 radical (unpaired) electrons. The highest BCUT2D eigenvalue weighted by Crippen LogP contribution is 2.26. The Balaban J connectivity index is 1.54. The number of allylic oxidation sites excluding steroid dienone is 2. The second-order valence-corrected chi connectivity index (χ2v) is 13.0. The molecule has 0 unspecified atom stereocenters. The lowest BCUT2D eigenvalue weighted by atomic mass is 9.83. The maximum Gasteiger partial charge on any atom is 0.225 e. The normalized spacial score (nSPS) is 17.0. The average molecular weight is 621 g/mol. The van der Waals surface area contributed by atoms with E-state index in [2.05, 4.69) is 17.2 Å². The van der Waals surface area contributed by atoms with Crippen molar-refractivity contribution in [2.45, 2.75) is 83.7 Å². The Bertz CT molecular complexity index is 1520. The van der Waals surface area contributed by atoms with E-state index in [1.54, 1.807) is 12.2 Å². The van der Waals surface area contributed by atoms with Crippen LogP contribution in [0, 0.1) is 17.8 Å². The van der Waals surface area contributed by atoms with Crippen molar-refractivity contribution in [3.63, 3.8) is 0 Å². The number of ketones is 2. The second kappa shape index (κ2) is 17.4. The molecule has 4 rings (SSSR count). The molecule has 46 heavy (non-hydrogen) atoms. The minimum atomic E-state index is -0.791. The van der Waals surface area contributed by atoms with Crippen molar-refractivity contribution in [3.05, 3.63) is 109 Å². The van der Waals surface area contributed by atoms with Crippen molar-refractivity contribution in [2.24, 2.45) is 17.8 Å². The molecule has 1 fully saturated rings. The van der Waals surface area contributed by atoms with Gasteiger partial charge in [0.2, 0.25) is 11.8 Å². The number of amides is 2. The van der Waals surface area contributed by atoms with Crippen LogP contribution in [0.5, 0.6) is 0 Å². The van der Waals surface area contributed by atoms with Crippen molar-refractivity contribution in [3.8, 4) is 0 Å². The summed E-state index contributed by atoms with van der Waals surface area (Å²) in [4.78, 5) is 53.8. The van der Waals surface area contributed by atoms with Crippen LogP contribution in [0.4, 0.5) is 0 Å². The maximum atomic E-state index is 14.1. The Morgan fingerprint density at radius 2 is 1.67 bits per heavy atom. The van der Waals surface area contributed by atoms with Crippen molar-refractivity contribution in [1.82, 2.24) is 10.6 Å². The molecule has 6 nitrogen and oxygen atoms in total. The first-order chi connectivity index (χ1) is 22.2. The van der Waals surface area contributed by atoms with Gasteiger partial charge in [-0.15, -0.1) is 0 Å². The fourth-order valence-corrected chi connectivity index (χ4v) is 6.51. The topological polar surface area (TPSA) is 92.3 Å². The van der Waals surface area contributed by atoms with Gasteiger partial charge in [0.15, 0.2) is 5.78 Å². The molecule has 0 aromatic heterocycles. The van der Waals surface area contributed by atoms with E-state index in [1.807, 2.05) is 92.7 Å². The molecule has 1 aliphatic rings. The molecule has 6 heteroatoms. The Morgan fingerprint density at radius 3 is 2.41 bits per heavy atom. The highest BCUT2D eigenvalue weighted by Gasteiger charge is 2.31. The molecule has 0 saturated heterocycles. The molecular formula is C40H48N2O4. The Kier molecular flexibility index (Phi) is 13.1. The minimum Gasteiger partial charge on any atom is -0.350 e. The molecule has 3 aromatic carbocycles. The first-order valence-electron chi connectivity index (χ1n) is 16.7. The molecule has 1 saturated carbocycles. The van der Waals surface area contributed by atoms with E-state index in [9.17, 15) is 19.2 Å². The largest absolute Gasteiger partial charge is 0.350 e. The zero-order valence-corrected chi connectivity index (χ0v) is 27.3. The summed E-state index contributed by atoms with van der Waals surface area (Å²) in [6.07, 6.45) is 10.3. The lowest BCUT2D eigenvalue weighted by Gasteiger charge is -2.27. The molecule has 1 aliphatic carbocycles. The van der Waals surface area contributed by atoms with Crippen LogP contribution < -0.4 is 10.6 Å². The predicted octanol–water partition coefficient (Wildman–Crippen LogP) is 7.11. The van der Waals surface area contributed by atoms with Crippen molar-refractivity contribution in [2.75, 3.05) is 0 Å². The maximum absolute atomic E-state index is 14.1. The van der Waals surface area contributed by atoms with Crippen molar-refractivity contribution in [1.29, 1.82) is 0 Å². The number of hydrogen-bond donors (Lipinski definition) is 2. The van der Waals surface area contributed by atoms with Gasteiger partial charge < -0.3 is 10.6 Å². The van der Waals surface area contributed by atoms with E-state index in [0.29, 0.717) is 25.7 Å². The van der Waals surface area contributed by atoms with Gasteiger partial charge in [-0.2, -0.15) is 0 Å². The number of fused-ring (bicyclic) bond motifs is 1. The van der Waals surface area contributed by atoms with E-state index in [-0.39, 0.29) is 54.1 Å². The summed E-state index contributed by atoms with van der Waals surface area (Å²) in [5.41, 5.74) is 1.83. The summed E-state index contributed by atoms with van der Waals surface area (Å²) < 4.78 is 0. The summed E-state index contributed by atoms with van der Waals surface area (Å²) in [6.45, 7) is 7.84. The third kappa shape index (κ3) is 10.4.